The van der Waals surface area contributed by atoms with Crippen LogP contribution < -0.4 is 14.2 Å². The third-order valence-corrected chi connectivity index (χ3v) is 7.18. The lowest BCUT2D eigenvalue weighted by atomic mass is 10.1. The number of nitrogens with one attached hydrogen (secondary N) is 2. The summed E-state index contributed by atoms with van der Waals surface area (Å²) in [6, 6.07) is 16.0. The Bertz CT molecular complexity index is 1830. The molecule has 38 heavy (non-hydrogen) atoms. The lowest BCUT2D eigenvalue weighted by Crippen LogP contribution is -2.29. The number of fused-ring (bicyclic) bond motifs is 1. The van der Waals surface area contributed by atoms with E-state index in [-0.39, 0.29) is 21.8 Å². The molecule has 9 nitrogen and oxygen atoms in total. The van der Waals surface area contributed by atoms with Crippen molar-refractivity contribution in [3.63, 3.8) is 0 Å². The van der Waals surface area contributed by atoms with Gasteiger partial charge in [0.05, 0.1) is 29.5 Å². The van der Waals surface area contributed by atoms with Crippen LogP contribution in [-0.4, -0.2) is 41.1 Å². The van der Waals surface area contributed by atoms with Crippen LogP contribution in [0.15, 0.2) is 77.8 Å². The Morgan fingerprint density at radius 1 is 0.947 bits per heavy atom. The van der Waals surface area contributed by atoms with Crippen LogP contribution in [0.5, 0.6) is 5.75 Å². The predicted octanol–water partition coefficient (Wildman–Crippen LogP) is 3.27. The van der Waals surface area contributed by atoms with Gasteiger partial charge in [-0.2, -0.15) is 0 Å². The molecule has 0 aliphatic heterocycles. The Hall–Kier alpha value is -4.47. The summed E-state index contributed by atoms with van der Waals surface area (Å²) in [7, 11) is -6.38. The minimum atomic E-state index is -4.12. The summed E-state index contributed by atoms with van der Waals surface area (Å²) in [5.41, 5.74) is 0.285. The molecule has 0 bridgehead atoms. The molecule has 0 unspecified atom stereocenters. The normalized spacial score (nSPS) is 11.3. The molecule has 0 radical (unpaired) electrons. The van der Waals surface area contributed by atoms with Crippen molar-refractivity contribution in [1.29, 1.82) is 0 Å². The molecule has 0 saturated heterocycles. The van der Waals surface area contributed by atoms with Gasteiger partial charge in [-0.1, -0.05) is 36.1 Å². The molecule has 0 aliphatic carbocycles. The van der Waals surface area contributed by atoms with E-state index in [9.17, 15) is 26.0 Å². The second-order valence-electron chi connectivity index (χ2n) is 7.99. The number of aromatic nitrogens is 1. The van der Waals surface area contributed by atoms with E-state index in [4.69, 9.17) is 4.74 Å². The highest BCUT2D eigenvalue weighted by Gasteiger charge is 2.20. The van der Waals surface area contributed by atoms with E-state index in [0.29, 0.717) is 22.1 Å². The van der Waals surface area contributed by atoms with Crippen LogP contribution >= 0.6 is 0 Å². The van der Waals surface area contributed by atoms with Gasteiger partial charge in [0, 0.05) is 22.5 Å². The van der Waals surface area contributed by atoms with E-state index >= 15 is 0 Å². The molecule has 0 aliphatic rings. The SMILES string of the molecule is COc1ccc(S(=O)(=O)Nc2ccc(F)cc2C#Cc2ccc(C(=O)NS(C)(=O)=O)nc2)c2ccccc12. The van der Waals surface area contributed by atoms with Crippen molar-refractivity contribution < 1.29 is 30.8 Å². The van der Waals surface area contributed by atoms with E-state index in [2.05, 4.69) is 21.5 Å². The standard InChI is InChI=1S/C26H20FN3O6S2/c1-36-24-13-14-25(21-6-4-3-5-20(21)24)38(34,35)29-22-12-10-19(27)15-18(22)9-7-17-8-11-23(28-16-17)26(31)30-37(2,32)33/h3-6,8,10-16,29H,1-2H3,(H,30,31). The average molecular weight is 554 g/mol. The van der Waals surface area contributed by atoms with Crippen LogP contribution in [0.1, 0.15) is 21.6 Å². The number of hydrogen-bond acceptors (Lipinski definition) is 7. The number of ether oxygens (including phenoxy) is 1. The van der Waals surface area contributed by atoms with Crippen LogP contribution in [-0.2, 0) is 20.0 Å². The fourth-order valence-corrected chi connectivity index (χ4v) is 5.26. The first kappa shape index (κ1) is 26.6. The number of hydrogen-bond donors (Lipinski definition) is 2. The smallest absolute Gasteiger partial charge is 0.283 e. The highest BCUT2D eigenvalue weighted by Crippen LogP contribution is 2.32. The summed E-state index contributed by atoms with van der Waals surface area (Å²) in [5.74, 6) is 4.43. The number of benzene rings is 3. The molecular weight excluding hydrogens is 533 g/mol. The summed E-state index contributed by atoms with van der Waals surface area (Å²) in [5, 5.41) is 1.05. The molecule has 194 valence electrons. The Balaban J connectivity index is 1.65. The van der Waals surface area contributed by atoms with E-state index in [0.717, 1.165) is 18.4 Å². The van der Waals surface area contributed by atoms with E-state index < -0.39 is 31.8 Å². The second kappa shape index (κ2) is 10.5. The highest BCUT2D eigenvalue weighted by molar-refractivity contribution is 7.93. The number of anilines is 1. The number of methoxy groups -OCH3 is 1. The topological polar surface area (TPSA) is 132 Å². The number of pyridine rings is 1. The molecule has 1 amide bonds. The maximum atomic E-state index is 14.0. The Morgan fingerprint density at radius 2 is 1.68 bits per heavy atom. The first-order valence-corrected chi connectivity index (χ1v) is 14.2. The molecule has 12 heteroatoms. The molecule has 1 heterocycles. The summed E-state index contributed by atoms with van der Waals surface area (Å²) in [4.78, 5) is 15.8. The Morgan fingerprint density at radius 3 is 2.34 bits per heavy atom. The van der Waals surface area contributed by atoms with Crippen LogP contribution in [0.4, 0.5) is 10.1 Å². The fraction of sp³-hybridized carbons (Fsp3) is 0.0769. The Kier molecular flexibility index (Phi) is 7.34. The van der Waals surface area contributed by atoms with Gasteiger partial charge in [0.25, 0.3) is 15.9 Å². The van der Waals surface area contributed by atoms with Crippen molar-refractivity contribution >= 4 is 42.4 Å². The second-order valence-corrected chi connectivity index (χ2v) is 11.4. The van der Waals surface area contributed by atoms with Gasteiger partial charge in [0.1, 0.15) is 17.3 Å². The summed E-state index contributed by atoms with van der Waals surface area (Å²) < 4.78 is 72.8. The van der Waals surface area contributed by atoms with Gasteiger partial charge >= 0.3 is 0 Å². The maximum absolute atomic E-state index is 14.0. The quantitative estimate of drug-likeness (QED) is 0.350. The highest BCUT2D eigenvalue weighted by atomic mass is 32.2. The van der Waals surface area contributed by atoms with Gasteiger partial charge in [-0.3, -0.25) is 9.52 Å². The van der Waals surface area contributed by atoms with Crippen molar-refractivity contribution in [3.05, 3.63) is 95.6 Å². The van der Waals surface area contributed by atoms with E-state index in [1.807, 2.05) is 0 Å². The number of nitrogens with zero attached hydrogens (tertiary/aromatic N) is 1. The molecule has 0 atom stereocenters. The molecule has 4 rings (SSSR count). The zero-order valence-electron chi connectivity index (χ0n) is 20.0. The zero-order valence-corrected chi connectivity index (χ0v) is 21.7. The van der Waals surface area contributed by atoms with Crippen LogP contribution in [0.3, 0.4) is 0 Å². The molecule has 0 saturated carbocycles. The van der Waals surface area contributed by atoms with Crippen molar-refractivity contribution in [2.45, 2.75) is 4.90 Å². The number of halogens is 1. The van der Waals surface area contributed by atoms with Crippen LogP contribution in [0.2, 0.25) is 0 Å². The van der Waals surface area contributed by atoms with E-state index in [1.165, 1.54) is 37.6 Å². The van der Waals surface area contributed by atoms with Crippen molar-refractivity contribution in [3.8, 4) is 17.6 Å². The Labute approximate surface area is 218 Å². The van der Waals surface area contributed by atoms with Crippen LogP contribution in [0, 0.1) is 17.7 Å². The summed E-state index contributed by atoms with van der Waals surface area (Å²) in [6.45, 7) is 0. The summed E-state index contributed by atoms with van der Waals surface area (Å²) in [6.07, 6.45) is 2.07. The van der Waals surface area contributed by atoms with Gasteiger partial charge in [0.2, 0.25) is 10.0 Å². The molecule has 3 aromatic carbocycles. The molecule has 0 fully saturated rings. The monoisotopic (exact) mass is 553 g/mol. The van der Waals surface area contributed by atoms with Gasteiger partial charge < -0.3 is 4.74 Å². The lowest BCUT2D eigenvalue weighted by molar-refractivity contribution is 0.0977. The average Bonchev–Trinajstić information content (AvgIpc) is 2.87. The minimum Gasteiger partial charge on any atom is -0.496 e. The van der Waals surface area contributed by atoms with Crippen molar-refractivity contribution in [2.24, 2.45) is 0 Å². The van der Waals surface area contributed by atoms with Crippen LogP contribution in [0.25, 0.3) is 10.8 Å². The van der Waals surface area contributed by atoms with Crippen molar-refractivity contribution in [1.82, 2.24) is 9.71 Å². The summed E-state index contributed by atoms with van der Waals surface area (Å²) >= 11 is 0. The van der Waals surface area contributed by atoms with Crippen molar-refractivity contribution in [2.75, 3.05) is 18.1 Å². The maximum Gasteiger partial charge on any atom is 0.283 e. The fourth-order valence-electron chi connectivity index (χ4n) is 3.53. The van der Waals surface area contributed by atoms with Gasteiger partial charge in [-0.15, -0.1) is 0 Å². The number of carbonyl (C=O) groups excluding carboxylic acids is 1. The predicted molar refractivity (Wildman–Crippen MR) is 140 cm³/mol. The molecule has 2 N–H and O–H groups in total. The molecular formula is C26H20FN3O6S2. The number of carbonyl (C=O) groups is 1. The third-order valence-electron chi connectivity index (χ3n) is 5.20. The number of amides is 1. The lowest BCUT2D eigenvalue weighted by Gasteiger charge is -2.13. The third kappa shape index (κ3) is 6.08. The first-order valence-electron chi connectivity index (χ1n) is 10.8. The number of rotatable bonds is 6. The molecule has 4 aromatic rings. The first-order chi connectivity index (χ1) is 18.0. The van der Waals surface area contributed by atoms with E-state index in [1.54, 1.807) is 35.1 Å². The van der Waals surface area contributed by atoms with Gasteiger partial charge in [0.15, 0.2) is 0 Å². The minimum absolute atomic E-state index is 0.00398. The van der Waals surface area contributed by atoms with Gasteiger partial charge in [-0.25, -0.2) is 30.9 Å². The largest absolute Gasteiger partial charge is 0.496 e. The molecule has 0 spiro atoms. The molecule has 1 aromatic heterocycles. The van der Waals surface area contributed by atoms with Gasteiger partial charge in [-0.05, 0) is 42.5 Å². The zero-order chi connectivity index (χ0) is 27.5. The number of sulfonamides is 2.